The number of rotatable bonds is 7. The minimum Gasteiger partial charge on any atom is -0.495 e. The molecule has 0 fully saturated rings. The van der Waals surface area contributed by atoms with E-state index in [0.717, 1.165) is 16.6 Å². The quantitative estimate of drug-likeness (QED) is 0.513. The normalized spacial score (nSPS) is 11.0. The fourth-order valence-corrected chi connectivity index (χ4v) is 3.60. The van der Waals surface area contributed by atoms with Crippen molar-refractivity contribution in [3.8, 4) is 5.75 Å². The molecule has 1 N–H and O–H groups in total. The molecule has 2 aromatic rings. The average Bonchev–Trinajstić information content (AvgIpc) is 2.61. The molecule has 1 amide bonds. The maximum Gasteiger partial charge on any atom is 0.271 e. The van der Waals surface area contributed by atoms with Crippen molar-refractivity contribution in [3.05, 3.63) is 56.6 Å². The first-order valence-corrected chi connectivity index (χ1v) is 10.2. The lowest BCUT2D eigenvalue weighted by Crippen LogP contribution is -2.37. The molecule has 28 heavy (non-hydrogen) atoms. The number of amides is 1. The first kappa shape index (κ1) is 21.7. The Morgan fingerprint density at radius 1 is 1.29 bits per heavy atom. The molecule has 0 spiro atoms. The second-order valence-corrected chi connectivity index (χ2v) is 8.22. The fourth-order valence-electron chi connectivity index (χ4n) is 2.29. The molecular weight excluding hydrogens is 433 g/mol. The molecule has 0 aliphatic heterocycles. The Balaban J connectivity index is 2.34. The van der Waals surface area contributed by atoms with E-state index in [0.29, 0.717) is 0 Å². The lowest BCUT2D eigenvalue weighted by atomic mass is 10.2. The van der Waals surface area contributed by atoms with E-state index >= 15 is 0 Å². The van der Waals surface area contributed by atoms with Gasteiger partial charge in [-0.25, -0.2) is 8.42 Å². The minimum atomic E-state index is -3.89. The summed E-state index contributed by atoms with van der Waals surface area (Å²) in [6.07, 6.45) is 0.908. The number of hydrogen-bond acceptors (Lipinski definition) is 6. The van der Waals surface area contributed by atoms with Crippen molar-refractivity contribution in [2.45, 2.75) is 0 Å². The van der Waals surface area contributed by atoms with Gasteiger partial charge in [-0.3, -0.25) is 19.2 Å². The molecule has 0 radical (unpaired) electrons. The number of nitrogens with one attached hydrogen (secondary N) is 1. The summed E-state index contributed by atoms with van der Waals surface area (Å²) in [6, 6.07) is 7.99. The van der Waals surface area contributed by atoms with E-state index in [9.17, 15) is 23.3 Å². The maximum atomic E-state index is 12.5. The van der Waals surface area contributed by atoms with Gasteiger partial charge in [0, 0.05) is 12.1 Å². The van der Waals surface area contributed by atoms with Crippen LogP contribution < -0.4 is 14.4 Å². The van der Waals surface area contributed by atoms with Crippen molar-refractivity contribution in [1.82, 2.24) is 0 Å². The Kier molecular flexibility index (Phi) is 6.70. The summed E-state index contributed by atoms with van der Waals surface area (Å²) in [5.74, 6) is -0.592. The van der Waals surface area contributed by atoms with Crippen LogP contribution >= 0.6 is 23.2 Å². The number of ether oxygens (including phenoxy) is 1. The number of hydrogen-bond donors (Lipinski definition) is 1. The number of anilines is 2. The number of halogens is 2. The molecule has 0 saturated carbocycles. The molecule has 2 aromatic carbocycles. The summed E-state index contributed by atoms with van der Waals surface area (Å²) in [7, 11) is -2.57. The number of carbonyl (C=O) groups excluding carboxylic acids is 1. The largest absolute Gasteiger partial charge is 0.495 e. The van der Waals surface area contributed by atoms with E-state index in [1.165, 1.54) is 37.4 Å². The number of benzene rings is 2. The zero-order valence-corrected chi connectivity index (χ0v) is 17.0. The SMILES string of the molecule is COc1ccc([N+](=O)[O-])cc1NC(=O)CN(c1cccc(Cl)c1Cl)S(C)(=O)=O. The molecule has 9 nitrogen and oxygen atoms in total. The van der Waals surface area contributed by atoms with Crippen molar-refractivity contribution in [2.75, 3.05) is 29.5 Å². The van der Waals surface area contributed by atoms with Crippen LogP contribution in [0.1, 0.15) is 0 Å². The monoisotopic (exact) mass is 447 g/mol. The number of methoxy groups -OCH3 is 1. The number of non-ortho nitro benzene ring substituents is 1. The van der Waals surface area contributed by atoms with Crippen LogP contribution in [0.25, 0.3) is 0 Å². The highest BCUT2D eigenvalue weighted by atomic mass is 35.5. The van der Waals surface area contributed by atoms with Crippen LogP contribution in [0, 0.1) is 10.1 Å². The van der Waals surface area contributed by atoms with E-state index in [1.54, 1.807) is 0 Å². The van der Waals surface area contributed by atoms with Gasteiger partial charge in [0.25, 0.3) is 5.69 Å². The predicted molar refractivity (Wildman–Crippen MR) is 107 cm³/mol. The van der Waals surface area contributed by atoms with Crippen LogP contribution in [-0.2, 0) is 14.8 Å². The molecule has 0 aliphatic rings. The smallest absolute Gasteiger partial charge is 0.271 e. The molecular formula is C16H15Cl2N3O6S. The molecule has 0 unspecified atom stereocenters. The van der Waals surface area contributed by atoms with Crippen LogP contribution in [-0.4, -0.2) is 39.2 Å². The summed E-state index contributed by atoms with van der Waals surface area (Å²) >= 11 is 12.0. The van der Waals surface area contributed by atoms with E-state index in [4.69, 9.17) is 27.9 Å². The highest BCUT2D eigenvalue weighted by Crippen LogP contribution is 2.34. The first-order chi connectivity index (χ1) is 13.0. The second-order valence-electron chi connectivity index (χ2n) is 5.53. The van der Waals surface area contributed by atoms with Gasteiger partial charge < -0.3 is 10.1 Å². The molecule has 0 atom stereocenters. The Bertz CT molecular complexity index is 1030. The van der Waals surface area contributed by atoms with Crippen molar-refractivity contribution < 1.29 is 22.9 Å². The number of nitro benzene ring substituents is 1. The highest BCUT2D eigenvalue weighted by molar-refractivity contribution is 7.92. The van der Waals surface area contributed by atoms with Crippen LogP contribution in [0.4, 0.5) is 17.1 Å². The fraction of sp³-hybridized carbons (Fsp3) is 0.188. The van der Waals surface area contributed by atoms with Gasteiger partial charge in [0.05, 0.1) is 39.7 Å². The van der Waals surface area contributed by atoms with E-state index in [1.807, 2.05) is 0 Å². The molecule has 150 valence electrons. The van der Waals surface area contributed by atoms with E-state index in [2.05, 4.69) is 5.32 Å². The molecule has 0 aromatic heterocycles. The molecule has 0 heterocycles. The van der Waals surface area contributed by atoms with Crippen LogP contribution in [0.3, 0.4) is 0 Å². The maximum absolute atomic E-state index is 12.5. The first-order valence-electron chi connectivity index (χ1n) is 7.58. The van der Waals surface area contributed by atoms with Crippen LogP contribution in [0.5, 0.6) is 5.75 Å². The lowest BCUT2D eigenvalue weighted by molar-refractivity contribution is -0.384. The van der Waals surface area contributed by atoms with Crippen molar-refractivity contribution in [1.29, 1.82) is 0 Å². The predicted octanol–water partition coefficient (Wildman–Crippen LogP) is 3.31. The molecule has 0 aliphatic carbocycles. The topological polar surface area (TPSA) is 119 Å². The minimum absolute atomic E-state index is 0.0207. The summed E-state index contributed by atoms with van der Waals surface area (Å²) in [5, 5.41) is 13.4. The van der Waals surface area contributed by atoms with Gasteiger partial charge in [-0.1, -0.05) is 29.3 Å². The van der Waals surface area contributed by atoms with Gasteiger partial charge in [0.1, 0.15) is 12.3 Å². The zero-order valence-electron chi connectivity index (χ0n) is 14.7. The molecule has 0 bridgehead atoms. The van der Waals surface area contributed by atoms with Crippen LogP contribution in [0.2, 0.25) is 10.0 Å². The summed E-state index contributed by atoms with van der Waals surface area (Å²) < 4.78 is 30.2. The molecule has 2 rings (SSSR count). The molecule has 12 heteroatoms. The lowest BCUT2D eigenvalue weighted by Gasteiger charge is -2.23. The Morgan fingerprint density at radius 3 is 2.54 bits per heavy atom. The van der Waals surface area contributed by atoms with Gasteiger partial charge in [0.15, 0.2) is 0 Å². The third kappa shape index (κ3) is 5.03. The third-order valence-corrected chi connectivity index (χ3v) is 5.49. The van der Waals surface area contributed by atoms with E-state index < -0.39 is 27.4 Å². The van der Waals surface area contributed by atoms with Gasteiger partial charge in [-0.2, -0.15) is 0 Å². The number of nitrogens with zero attached hydrogens (tertiary/aromatic N) is 2. The average molecular weight is 448 g/mol. The van der Waals surface area contributed by atoms with E-state index in [-0.39, 0.29) is 32.9 Å². The molecule has 0 saturated heterocycles. The number of carbonyl (C=O) groups is 1. The van der Waals surface area contributed by atoms with Crippen molar-refractivity contribution >= 4 is 56.2 Å². The van der Waals surface area contributed by atoms with Crippen LogP contribution in [0.15, 0.2) is 36.4 Å². The Labute approximate surface area is 171 Å². The summed E-state index contributed by atoms with van der Waals surface area (Å²) in [5.41, 5.74) is -0.223. The number of sulfonamides is 1. The van der Waals surface area contributed by atoms with Crippen molar-refractivity contribution in [2.24, 2.45) is 0 Å². The second kappa shape index (κ2) is 8.63. The zero-order chi connectivity index (χ0) is 21.1. The summed E-state index contributed by atoms with van der Waals surface area (Å²) in [4.78, 5) is 22.8. The Morgan fingerprint density at radius 2 is 1.96 bits per heavy atom. The standard InChI is InChI=1S/C16H15Cl2N3O6S/c1-27-14-7-6-10(21(23)24)8-12(14)19-15(22)9-20(28(2,25)26)13-5-3-4-11(17)16(13)18/h3-8H,9H2,1-2H3,(H,19,22). The summed E-state index contributed by atoms with van der Waals surface area (Å²) in [6.45, 7) is -0.634. The Hall–Kier alpha value is -2.56. The highest BCUT2D eigenvalue weighted by Gasteiger charge is 2.24. The number of nitro groups is 1. The van der Waals surface area contributed by atoms with Gasteiger partial charge in [-0.15, -0.1) is 0 Å². The van der Waals surface area contributed by atoms with Crippen molar-refractivity contribution in [3.63, 3.8) is 0 Å². The van der Waals surface area contributed by atoms with Gasteiger partial charge >= 0.3 is 0 Å². The van der Waals surface area contributed by atoms with Gasteiger partial charge in [-0.05, 0) is 18.2 Å². The third-order valence-electron chi connectivity index (χ3n) is 3.56. The van der Waals surface area contributed by atoms with Gasteiger partial charge in [0.2, 0.25) is 15.9 Å².